The number of carbonyl (C=O) groups excluding carboxylic acids is 1. The summed E-state index contributed by atoms with van der Waals surface area (Å²) in [6, 6.07) is 4.89. The van der Waals surface area contributed by atoms with Crippen molar-refractivity contribution in [1.82, 2.24) is 5.32 Å². The Bertz CT molecular complexity index is 491. The van der Waals surface area contributed by atoms with Gasteiger partial charge in [0.1, 0.15) is 13.2 Å². The molecule has 6 heteroatoms. The highest BCUT2D eigenvalue weighted by Gasteiger charge is 2.25. The van der Waals surface area contributed by atoms with Gasteiger partial charge in [-0.05, 0) is 24.2 Å². The molecule has 0 radical (unpaired) electrons. The molecule has 6 nitrogen and oxygen atoms in total. The fourth-order valence-corrected chi connectivity index (χ4v) is 2.30. The number of carbonyl (C=O) groups is 1. The molecule has 1 aliphatic rings. The van der Waals surface area contributed by atoms with Crippen molar-refractivity contribution in [3.63, 3.8) is 0 Å². The predicted molar refractivity (Wildman–Crippen MR) is 76.5 cm³/mol. The van der Waals surface area contributed by atoms with Crippen molar-refractivity contribution in [3.05, 3.63) is 23.8 Å². The van der Waals surface area contributed by atoms with Gasteiger partial charge >= 0.3 is 5.97 Å². The summed E-state index contributed by atoms with van der Waals surface area (Å²) in [5.74, 6) is 0.925. The lowest BCUT2D eigenvalue weighted by molar-refractivity contribution is -0.142. The molecule has 0 fully saturated rings. The van der Waals surface area contributed by atoms with E-state index in [9.17, 15) is 9.90 Å². The summed E-state index contributed by atoms with van der Waals surface area (Å²) in [6.45, 7) is 3.58. The summed E-state index contributed by atoms with van der Waals surface area (Å²) in [5.41, 5.74) is 0.675. The average molecular weight is 295 g/mol. The van der Waals surface area contributed by atoms with E-state index in [0.29, 0.717) is 36.8 Å². The molecular weight excluding hydrogens is 274 g/mol. The van der Waals surface area contributed by atoms with Gasteiger partial charge in [-0.25, -0.2) is 0 Å². The van der Waals surface area contributed by atoms with Crippen molar-refractivity contribution in [2.45, 2.75) is 25.5 Å². The van der Waals surface area contributed by atoms with Crippen LogP contribution in [-0.4, -0.2) is 44.0 Å². The molecule has 2 atom stereocenters. The van der Waals surface area contributed by atoms with Gasteiger partial charge in [0.25, 0.3) is 0 Å². The summed E-state index contributed by atoms with van der Waals surface area (Å²) in [7, 11) is 1.34. The molecule has 1 heterocycles. The van der Waals surface area contributed by atoms with Crippen molar-refractivity contribution >= 4 is 5.97 Å². The van der Waals surface area contributed by atoms with E-state index in [2.05, 4.69) is 10.1 Å². The molecular formula is C15H21NO5. The standard InChI is InChI=1S/C15H21NO5/c1-3-16-11(9-14(17)19-2)15(18)10-4-5-12-13(8-10)21-7-6-20-12/h4-5,8,11,15-16,18H,3,6-7,9H2,1-2H3. The number of hydrogen-bond donors (Lipinski definition) is 2. The van der Waals surface area contributed by atoms with Crippen LogP contribution in [0.4, 0.5) is 0 Å². The number of esters is 1. The van der Waals surface area contributed by atoms with Gasteiger partial charge in [-0.3, -0.25) is 4.79 Å². The number of aliphatic hydroxyl groups excluding tert-OH is 1. The first kappa shape index (κ1) is 15.6. The van der Waals surface area contributed by atoms with Crippen LogP contribution in [-0.2, 0) is 9.53 Å². The van der Waals surface area contributed by atoms with E-state index in [0.717, 1.165) is 0 Å². The van der Waals surface area contributed by atoms with Crippen LogP contribution in [0.2, 0.25) is 0 Å². The third kappa shape index (κ3) is 3.86. The fraction of sp³-hybridized carbons (Fsp3) is 0.533. The van der Waals surface area contributed by atoms with Crippen LogP contribution in [0.3, 0.4) is 0 Å². The van der Waals surface area contributed by atoms with Crippen molar-refractivity contribution < 1.29 is 24.1 Å². The lowest BCUT2D eigenvalue weighted by Gasteiger charge is -2.25. The zero-order valence-corrected chi connectivity index (χ0v) is 12.3. The Morgan fingerprint density at radius 1 is 1.38 bits per heavy atom. The maximum atomic E-state index is 11.4. The van der Waals surface area contributed by atoms with E-state index in [1.54, 1.807) is 18.2 Å². The zero-order chi connectivity index (χ0) is 15.2. The van der Waals surface area contributed by atoms with Crippen molar-refractivity contribution in [3.8, 4) is 11.5 Å². The second-order valence-corrected chi connectivity index (χ2v) is 4.79. The molecule has 1 aliphatic heterocycles. The first-order valence-electron chi connectivity index (χ1n) is 7.03. The number of ether oxygens (including phenoxy) is 3. The van der Waals surface area contributed by atoms with Crippen LogP contribution >= 0.6 is 0 Å². The van der Waals surface area contributed by atoms with E-state index in [4.69, 9.17) is 9.47 Å². The average Bonchev–Trinajstić information content (AvgIpc) is 2.53. The SMILES string of the molecule is CCNC(CC(=O)OC)C(O)c1ccc2c(c1)OCCO2. The molecule has 0 bridgehead atoms. The largest absolute Gasteiger partial charge is 0.486 e. The number of benzene rings is 1. The molecule has 2 rings (SSSR count). The predicted octanol–water partition coefficient (Wildman–Crippen LogP) is 1.03. The Morgan fingerprint density at radius 3 is 2.76 bits per heavy atom. The Labute approximate surface area is 124 Å². The van der Waals surface area contributed by atoms with Gasteiger partial charge in [0.15, 0.2) is 11.5 Å². The molecule has 0 spiro atoms. The molecule has 0 aliphatic carbocycles. The minimum absolute atomic E-state index is 0.0972. The summed E-state index contributed by atoms with van der Waals surface area (Å²) < 4.78 is 15.6. The summed E-state index contributed by atoms with van der Waals surface area (Å²) in [5, 5.41) is 13.6. The number of aliphatic hydroxyl groups is 1. The maximum Gasteiger partial charge on any atom is 0.307 e. The highest BCUT2D eigenvalue weighted by Crippen LogP contribution is 2.33. The van der Waals surface area contributed by atoms with Crippen molar-refractivity contribution in [1.29, 1.82) is 0 Å². The number of hydrogen-bond acceptors (Lipinski definition) is 6. The van der Waals surface area contributed by atoms with Crippen LogP contribution in [0.5, 0.6) is 11.5 Å². The molecule has 0 saturated heterocycles. The van der Waals surface area contributed by atoms with E-state index < -0.39 is 12.1 Å². The molecule has 0 saturated carbocycles. The van der Waals surface area contributed by atoms with Crippen molar-refractivity contribution in [2.75, 3.05) is 26.9 Å². The Morgan fingerprint density at radius 2 is 2.10 bits per heavy atom. The Kier molecular flexibility index (Phi) is 5.41. The second-order valence-electron chi connectivity index (χ2n) is 4.79. The third-order valence-electron chi connectivity index (χ3n) is 3.37. The highest BCUT2D eigenvalue weighted by atomic mass is 16.6. The molecule has 21 heavy (non-hydrogen) atoms. The summed E-state index contributed by atoms with van der Waals surface area (Å²) >= 11 is 0. The maximum absolute atomic E-state index is 11.4. The number of likely N-dealkylation sites (N-methyl/N-ethyl adjacent to an activating group) is 1. The number of nitrogens with one attached hydrogen (secondary N) is 1. The number of fused-ring (bicyclic) bond motifs is 1. The molecule has 0 amide bonds. The monoisotopic (exact) mass is 295 g/mol. The second kappa shape index (κ2) is 7.28. The minimum Gasteiger partial charge on any atom is -0.486 e. The molecule has 1 aromatic rings. The smallest absolute Gasteiger partial charge is 0.307 e. The summed E-state index contributed by atoms with van der Waals surface area (Å²) in [6.07, 6.45) is -0.736. The number of methoxy groups -OCH3 is 1. The topological polar surface area (TPSA) is 77.0 Å². The quantitative estimate of drug-likeness (QED) is 0.763. The number of rotatable bonds is 6. The van der Waals surface area contributed by atoms with Crippen molar-refractivity contribution in [2.24, 2.45) is 0 Å². The molecule has 0 aromatic heterocycles. The van der Waals surface area contributed by atoms with E-state index in [1.807, 2.05) is 6.92 Å². The van der Waals surface area contributed by atoms with Crippen LogP contribution in [0, 0.1) is 0 Å². The fourth-order valence-electron chi connectivity index (χ4n) is 2.30. The highest BCUT2D eigenvalue weighted by molar-refractivity contribution is 5.70. The van der Waals surface area contributed by atoms with Crippen LogP contribution in [0.25, 0.3) is 0 Å². The van der Waals surface area contributed by atoms with Gasteiger partial charge < -0.3 is 24.6 Å². The normalized spacial score (nSPS) is 16.1. The van der Waals surface area contributed by atoms with Gasteiger partial charge in [-0.2, -0.15) is 0 Å². The van der Waals surface area contributed by atoms with Gasteiger partial charge in [0.2, 0.25) is 0 Å². The summed E-state index contributed by atoms with van der Waals surface area (Å²) in [4.78, 5) is 11.4. The lowest BCUT2D eigenvalue weighted by atomic mass is 9.99. The zero-order valence-electron chi connectivity index (χ0n) is 12.3. The van der Waals surface area contributed by atoms with Gasteiger partial charge in [-0.1, -0.05) is 13.0 Å². The van der Waals surface area contributed by atoms with Crippen LogP contribution in [0.15, 0.2) is 18.2 Å². The molecule has 116 valence electrons. The van der Waals surface area contributed by atoms with Crippen LogP contribution in [0.1, 0.15) is 25.0 Å². The van der Waals surface area contributed by atoms with E-state index >= 15 is 0 Å². The molecule has 1 aromatic carbocycles. The van der Waals surface area contributed by atoms with Gasteiger partial charge in [-0.15, -0.1) is 0 Å². The first-order valence-corrected chi connectivity index (χ1v) is 7.03. The Balaban J connectivity index is 2.15. The minimum atomic E-state index is -0.833. The Hall–Kier alpha value is -1.79. The molecule has 2 unspecified atom stereocenters. The van der Waals surface area contributed by atoms with E-state index in [-0.39, 0.29) is 12.4 Å². The van der Waals surface area contributed by atoms with E-state index in [1.165, 1.54) is 7.11 Å². The third-order valence-corrected chi connectivity index (χ3v) is 3.37. The molecule has 2 N–H and O–H groups in total. The van der Waals surface area contributed by atoms with Gasteiger partial charge in [0.05, 0.1) is 19.6 Å². The van der Waals surface area contributed by atoms with Gasteiger partial charge in [0, 0.05) is 6.04 Å². The lowest BCUT2D eigenvalue weighted by Crippen LogP contribution is -2.37. The first-order chi connectivity index (χ1) is 10.2. The van der Waals surface area contributed by atoms with Crippen LogP contribution < -0.4 is 14.8 Å².